The number of piperidine rings is 1. The van der Waals surface area contributed by atoms with E-state index in [1.165, 1.54) is 13.0 Å². The Bertz CT molecular complexity index is 766. The highest BCUT2D eigenvalue weighted by molar-refractivity contribution is 5.78. The molecular formula is C20H28N6O. The lowest BCUT2D eigenvalue weighted by atomic mass is 9.95. The summed E-state index contributed by atoms with van der Waals surface area (Å²) in [5.74, 6) is 2.68. The van der Waals surface area contributed by atoms with E-state index in [0.29, 0.717) is 18.9 Å². The third-order valence-electron chi connectivity index (χ3n) is 5.71. The van der Waals surface area contributed by atoms with Crippen LogP contribution >= 0.6 is 0 Å². The van der Waals surface area contributed by atoms with Crippen LogP contribution in [0.25, 0.3) is 0 Å². The minimum atomic E-state index is 0.131. The van der Waals surface area contributed by atoms with Gasteiger partial charge in [-0.1, -0.05) is 13.0 Å². The van der Waals surface area contributed by atoms with E-state index in [1.807, 2.05) is 17.0 Å². The monoisotopic (exact) mass is 368 g/mol. The third-order valence-corrected chi connectivity index (χ3v) is 5.71. The van der Waals surface area contributed by atoms with Crippen LogP contribution in [0.5, 0.6) is 0 Å². The lowest BCUT2D eigenvalue weighted by molar-refractivity contribution is -0.132. The predicted octanol–water partition coefficient (Wildman–Crippen LogP) is 1.85. The maximum absolute atomic E-state index is 12.6. The Morgan fingerprint density at radius 1 is 1.19 bits per heavy atom. The molecule has 0 unspecified atom stereocenters. The van der Waals surface area contributed by atoms with Crippen LogP contribution in [0.15, 0.2) is 24.5 Å². The average molecular weight is 368 g/mol. The van der Waals surface area contributed by atoms with Crippen LogP contribution < -0.4 is 0 Å². The van der Waals surface area contributed by atoms with Crippen LogP contribution in [0.1, 0.15) is 49.3 Å². The summed E-state index contributed by atoms with van der Waals surface area (Å²) in [7, 11) is 0. The number of hydrogen-bond acceptors (Lipinski definition) is 5. The molecule has 7 nitrogen and oxygen atoms in total. The van der Waals surface area contributed by atoms with Crippen molar-refractivity contribution in [1.82, 2.24) is 29.5 Å². The number of rotatable bonds is 5. The van der Waals surface area contributed by atoms with Crippen LogP contribution in [0.4, 0.5) is 0 Å². The molecule has 0 spiro atoms. The van der Waals surface area contributed by atoms with Crippen molar-refractivity contribution in [2.45, 2.75) is 51.6 Å². The Morgan fingerprint density at radius 2 is 2.04 bits per heavy atom. The zero-order chi connectivity index (χ0) is 18.6. The van der Waals surface area contributed by atoms with Gasteiger partial charge < -0.3 is 14.4 Å². The summed E-state index contributed by atoms with van der Waals surface area (Å²) in [6, 6.07) is 3.81. The zero-order valence-electron chi connectivity index (χ0n) is 16.0. The van der Waals surface area contributed by atoms with Crippen molar-refractivity contribution in [1.29, 1.82) is 0 Å². The highest BCUT2D eigenvalue weighted by atomic mass is 16.2. The number of aromatic nitrogens is 4. The summed E-state index contributed by atoms with van der Waals surface area (Å²) >= 11 is 0. The number of fused-ring (bicyclic) bond motifs is 1. The number of pyridine rings is 1. The Morgan fingerprint density at radius 3 is 2.78 bits per heavy atom. The van der Waals surface area contributed by atoms with Crippen molar-refractivity contribution in [3.05, 3.63) is 41.7 Å². The first-order valence-electron chi connectivity index (χ1n) is 10.1. The van der Waals surface area contributed by atoms with Crippen molar-refractivity contribution >= 4 is 5.91 Å². The molecule has 0 saturated carbocycles. The van der Waals surface area contributed by atoms with Crippen molar-refractivity contribution in [3.63, 3.8) is 0 Å². The van der Waals surface area contributed by atoms with Crippen molar-refractivity contribution in [2.75, 3.05) is 26.2 Å². The SMILES string of the molecule is CCCN1CCC(c2nnc3n2CCN(C(=O)Cc2cccnc2)C3)CC1. The summed E-state index contributed by atoms with van der Waals surface area (Å²) < 4.78 is 2.26. The molecule has 2 aromatic rings. The van der Waals surface area contributed by atoms with Gasteiger partial charge in [-0.05, 0) is 50.5 Å². The van der Waals surface area contributed by atoms with Crippen LogP contribution in [0, 0.1) is 0 Å². The predicted molar refractivity (Wildman–Crippen MR) is 102 cm³/mol. The standard InChI is InChI=1S/C20H28N6O/c1-2-8-24-9-5-17(6-10-24)20-23-22-18-15-25(11-12-26(18)20)19(27)13-16-4-3-7-21-14-16/h3-4,7,14,17H,2,5-6,8-13,15H2,1H3. The smallest absolute Gasteiger partial charge is 0.227 e. The largest absolute Gasteiger partial charge is 0.333 e. The average Bonchev–Trinajstić information content (AvgIpc) is 3.13. The molecule has 1 saturated heterocycles. The van der Waals surface area contributed by atoms with Gasteiger partial charge in [0, 0.05) is 31.4 Å². The van der Waals surface area contributed by atoms with E-state index in [0.717, 1.165) is 56.2 Å². The van der Waals surface area contributed by atoms with Crippen molar-refractivity contribution < 1.29 is 4.79 Å². The summed E-state index contributed by atoms with van der Waals surface area (Å²) in [4.78, 5) is 21.1. The Hall–Kier alpha value is -2.28. The van der Waals surface area contributed by atoms with E-state index < -0.39 is 0 Å². The minimum Gasteiger partial charge on any atom is -0.333 e. The molecule has 0 radical (unpaired) electrons. The van der Waals surface area contributed by atoms with Gasteiger partial charge in [-0.25, -0.2) is 0 Å². The maximum atomic E-state index is 12.6. The lowest BCUT2D eigenvalue weighted by Gasteiger charge is -2.33. The fourth-order valence-corrected chi connectivity index (χ4v) is 4.22. The molecule has 0 atom stereocenters. The second kappa shape index (κ2) is 8.17. The maximum Gasteiger partial charge on any atom is 0.227 e. The summed E-state index contributed by atoms with van der Waals surface area (Å²) in [5, 5.41) is 8.94. The zero-order valence-corrected chi connectivity index (χ0v) is 16.0. The highest BCUT2D eigenvalue weighted by Gasteiger charge is 2.29. The van der Waals surface area contributed by atoms with Gasteiger partial charge in [0.25, 0.3) is 0 Å². The first-order valence-corrected chi connectivity index (χ1v) is 10.1. The molecule has 144 valence electrons. The van der Waals surface area contributed by atoms with Crippen LogP contribution in [0.3, 0.4) is 0 Å². The molecule has 2 aliphatic heterocycles. The molecule has 4 rings (SSSR count). The molecule has 4 heterocycles. The molecule has 0 bridgehead atoms. The van der Waals surface area contributed by atoms with Gasteiger partial charge in [0.2, 0.25) is 5.91 Å². The molecule has 2 aromatic heterocycles. The number of likely N-dealkylation sites (tertiary alicyclic amines) is 1. The third kappa shape index (κ3) is 4.03. The quantitative estimate of drug-likeness (QED) is 0.806. The van der Waals surface area contributed by atoms with E-state index in [9.17, 15) is 4.79 Å². The number of carbonyl (C=O) groups excluding carboxylic acids is 1. The van der Waals surface area contributed by atoms with Crippen molar-refractivity contribution in [2.24, 2.45) is 0 Å². The molecule has 0 aliphatic carbocycles. The summed E-state index contributed by atoms with van der Waals surface area (Å²) in [6.07, 6.45) is 7.40. The number of carbonyl (C=O) groups is 1. The molecule has 7 heteroatoms. The number of hydrogen-bond donors (Lipinski definition) is 0. The second-order valence-corrected chi connectivity index (χ2v) is 7.60. The first-order chi connectivity index (χ1) is 13.2. The molecule has 1 fully saturated rings. The Kier molecular flexibility index (Phi) is 5.48. The summed E-state index contributed by atoms with van der Waals surface area (Å²) in [6.45, 7) is 7.81. The fourth-order valence-electron chi connectivity index (χ4n) is 4.22. The molecule has 1 amide bonds. The Balaban J connectivity index is 1.38. The topological polar surface area (TPSA) is 67.2 Å². The molecule has 0 aromatic carbocycles. The van der Waals surface area contributed by atoms with E-state index in [4.69, 9.17) is 0 Å². The van der Waals surface area contributed by atoms with Crippen molar-refractivity contribution in [3.8, 4) is 0 Å². The van der Waals surface area contributed by atoms with E-state index in [1.54, 1.807) is 12.4 Å². The van der Waals surface area contributed by atoms with Crippen LogP contribution in [-0.2, 0) is 24.3 Å². The summed E-state index contributed by atoms with van der Waals surface area (Å²) in [5.41, 5.74) is 0.953. The molecule has 0 N–H and O–H groups in total. The van der Waals surface area contributed by atoms with Gasteiger partial charge in [0.1, 0.15) is 5.82 Å². The van der Waals surface area contributed by atoms with E-state index >= 15 is 0 Å². The highest BCUT2D eigenvalue weighted by Crippen LogP contribution is 2.28. The number of amides is 1. The molecular weight excluding hydrogens is 340 g/mol. The van der Waals surface area contributed by atoms with Gasteiger partial charge in [0.05, 0.1) is 13.0 Å². The Labute approximate surface area is 160 Å². The van der Waals surface area contributed by atoms with Gasteiger partial charge in [-0.3, -0.25) is 9.78 Å². The van der Waals surface area contributed by atoms with E-state index in [-0.39, 0.29) is 5.91 Å². The van der Waals surface area contributed by atoms with Crippen LogP contribution in [-0.4, -0.2) is 61.6 Å². The van der Waals surface area contributed by atoms with Gasteiger partial charge >= 0.3 is 0 Å². The van der Waals surface area contributed by atoms with E-state index in [2.05, 4.69) is 31.6 Å². The molecule has 27 heavy (non-hydrogen) atoms. The normalized spacial score (nSPS) is 18.5. The van der Waals surface area contributed by atoms with Crippen LogP contribution in [0.2, 0.25) is 0 Å². The fraction of sp³-hybridized carbons (Fsp3) is 0.600. The number of nitrogens with zero attached hydrogens (tertiary/aromatic N) is 6. The second-order valence-electron chi connectivity index (χ2n) is 7.60. The first kappa shape index (κ1) is 18.1. The molecule has 2 aliphatic rings. The van der Waals surface area contributed by atoms with Gasteiger partial charge in [-0.15, -0.1) is 10.2 Å². The van der Waals surface area contributed by atoms with Gasteiger partial charge in [-0.2, -0.15) is 0 Å². The van der Waals surface area contributed by atoms with Gasteiger partial charge in [0.15, 0.2) is 5.82 Å². The lowest BCUT2D eigenvalue weighted by Crippen LogP contribution is -2.40. The minimum absolute atomic E-state index is 0.131.